The van der Waals surface area contributed by atoms with Gasteiger partial charge in [0.25, 0.3) is 0 Å². The van der Waals surface area contributed by atoms with Crippen molar-refractivity contribution in [3.8, 4) is 5.75 Å². The summed E-state index contributed by atoms with van der Waals surface area (Å²) in [6, 6.07) is 8.02. The molecule has 1 atom stereocenters. The molecule has 16 heavy (non-hydrogen) atoms. The van der Waals surface area contributed by atoms with Crippen LogP contribution in [0.25, 0.3) is 0 Å². The molecule has 3 heteroatoms. The van der Waals surface area contributed by atoms with Gasteiger partial charge in [-0.05, 0) is 30.5 Å². The molecule has 0 aromatic heterocycles. The molecule has 1 rings (SSSR count). The van der Waals surface area contributed by atoms with Crippen LogP contribution >= 0.6 is 0 Å². The molecular formula is C13H20N2O. The lowest BCUT2D eigenvalue weighted by atomic mass is 9.99. The maximum atomic E-state index is 5.57. The first-order valence-electron chi connectivity index (χ1n) is 5.48. The van der Waals surface area contributed by atoms with Crippen molar-refractivity contribution in [3.05, 3.63) is 42.0 Å². The Morgan fingerprint density at radius 1 is 1.56 bits per heavy atom. The summed E-state index contributed by atoms with van der Waals surface area (Å²) in [4.78, 5) is 0. The third-order valence-electron chi connectivity index (χ3n) is 2.69. The zero-order valence-corrected chi connectivity index (χ0v) is 9.99. The van der Waals surface area contributed by atoms with Crippen LogP contribution in [-0.2, 0) is 0 Å². The summed E-state index contributed by atoms with van der Waals surface area (Å²) in [5.74, 6) is 6.41. The normalized spacial score (nSPS) is 12.2. The van der Waals surface area contributed by atoms with Gasteiger partial charge in [0, 0.05) is 6.04 Å². The van der Waals surface area contributed by atoms with Crippen LogP contribution < -0.4 is 16.0 Å². The monoisotopic (exact) mass is 220 g/mol. The average molecular weight is 220 g/mol. The standard InChI is InChI=1S/C13H20N2O/c1-4-10(2)8-13(15-14)11-6-5-7-12(9-11)16-3/h5-7,9,13,15H,2,4,8,14H2,1,3H3. The summed E-state index contributed by atoms with van der Waals surface area (Å²) in [5, 5.41) is 0. The summed E-state index contributed by atoms with van der Waals surface area (Å²) in [5.41, 5.74) is 5.13. The van der Waals surface area contributed by atoms with Crippen LogP contribution in [0.1, 0.15) is 31.4 Å². The Morgan fingerprint density at radius 3 is 2.88 bits per heavy atom. The smallest absolute Gasteiger partial charge is 0.119 e. The van der Waals surface area contributed by atoms with E-state index in [9.17, 15) is 0 Å². The molecule has 0 saturated carbocycles. The molecule has 0 bridgehead atoms. The molecule has 0 saturated heterocycles. The van der Waals surface area contributed by atoms with E-state index in [-0.39, 0.29) is 6.04 Å². The molecule has 1 aromatic rings. The molecule has 3 N–H and O–H groups in total. The third-order valence-corrected chi connectivity index (χ3v) is 2.69. The minimum absolute atomic E-state index is 0.0996. The van der Waals surface area contributed by atoms with Gasteiger partial charge in [0.1, 0.15) is 5.75 Å². The van der Waals surface area contributed by atoms with Crippen molar-refractivity contribution >= 4 is 0 Å². The van der Waals surface area contributed by atoms with Gasteiger partial charge in [0.2, 0.25) is 0 Å². The Kier molecular flexibility index (Phi) is 5.02. The van der Waals surface area contributed by atoms with Crippen molar-refractivity contribution in [3.63, 3.8) is 0 Å². The fourth-order valence-electron chi connectivity index (χ4n) is 1.56. The highest BCUT2D eigenvalue weighted by atomic mass is 16.5. The number of nitrogens with two attached hydrogens (primary N) is 1. The molecule has 0 aliphatic heterocycles. The zero-order valence-electron chi connectivity index (χ0n) is 9.99. The van der Waals surface area contributed by atoms with Crippen molar-refractivity contribution in [2.75, 3.05) is 7.11 Å². The van der Waals surface area contributed by atoms with Crippen molar-refractivity contribution in [2.45, 2.75) is 25.8 Å². The lowest BCUT2D eigenvalue weighted by Crippen LogP contribution is -2.28. The molecule has 1 unspecified atom stereocenters. The molecule has 3 nitrogen and oxygen atoms in total. The van der Waals surface area contributed by atoms with E-state index in [0.29, 0.717) is 0 Å². The van der Waals surface area contributed by atoms with E-state index in [0.717, 1.165) is 24.2 Å². The molecular weight excluding hydrogens is 200 g/mol. The number of ether oxygens (including phenoxy) is 1. The van der Waals surface area contributed by atoms with Crippen LogP contribution in [-0.4, -0.2) is 7.11 Å². The summed E-state index contributed by atoms with van der Waals surface area (Å²) in [7, 11) is 1.66. The predicted octanol–water partition coefficient (Wildman–Crippen LogP) is 2.56. The molecule has 0 amide bonds. The second kappa shape index (κ2) is 6.30. The molecule has 1 aromatic carbocycles. The van der Waals surface area contributed by atoms with Crippen LogP contribution in [0.4, 0.5) is 0 Å². The van der Waals surface area contributed by atoms with Gasteiger partial charge in [-0.2, -0.15) is 0 Å². The second-order valence-corrected chi connectivity index (χ2v) is 3.80. The number of hydrogen-bond acceptors (Lipinski definition) is 3. The number of hydrazine groups is 1. The van der Waals surface area contributed by atoms with Gasteiger partial charge < -0.3 is 4.74 Å². The first kappa shape index (κ1) is 12.7. The lowest BCUT2D eigenvalue weighted by Gasteiger charge is -2.17. The Bertz CT molecular complexity index is 350. The van der Waals surface area contributed by atoms with E-state index in [4.69, 9.17) is 10.6 Å². The topological polar surface area (TPSA) is 47.3 Å². The Balaban J connectivity index is 2.81. The minimum atomic E-state index is 0.0996. The highest BCUT2D eigenvalue weighted by Crippen LogP contribution is 2.24. The average Bonchev–Trinajstić information content (AvgIpc) is 2.35. The number of hydrogen-bond donors (Lipinski definition) is 2. The Hall–Kier alpha value is -1.32. The number of methoxy groups -OCH3 is 1. The molecule has 0 aliphatic carbocycles. The molecule has 0 aliphatic rings. The van der Waals surface area contributed by atoms with Crippen molar-refractivity contribution in [1.82, 2.24) is 5.43 Å². The van der Waals surface area contributed by atoms with Crippen LogP contribution in [0.15, 0.2) is 36.4 Å². The predicted molar refractivity (Wildman–Crippen MR) is 67.1 cm³/mol. The van der Waals surface area contributed by atoms with E-state index in [2.05, 4.69) is 18.9 Å². The second-order valence-electron chi connectivity index (χ2n) is 3.80. The maximum Gasteiger partial charge on any atom is 0.119 e. The van der Waals surface area contributed by atoms with E-state index < -0.39 is 0 Å². The fourth-order valence-corrected chi connectivity index (χ4v) is 1.56. The number of benzene rings is 1. The summed E-state index contributed by atoms with van der Waals surface area (Å²) in [6.07, 6.45) is 1.82. The molecule has 0 heterocycles. The van der Waals surface area contributed by atoms with Crippen LogP contribution in [0.5, 0.6) is 5.75 Å². The quantitative estimate of drug-likeness (QED) is 0.440. The van der Waals surface area contributed by atoms with Gasteiger partial charge >= 0.3 is 0 Å². The number of nitrogens with one attached hydrogen (secondary N) is 1. The Morgan fingerprint density at radius 2 is 2.31 bits per heavy atom. The minimum Gasteiger partial charge on any atom is -0.497 e. The van der Waals surface area contributed by atoms with Gasteiger partial charge in [-0.15, -0.1) is 0 Å². The van der Waals surface area contributed by atoms with Crippen molar-refractivity contribution in [1.29, 1.82) is 0 Å². The van der Waals surface area contributed by atoms with E-state index in [1.54, 1.807) is 7.11 Å². The molecule has 0 spiro atoms. The van der Waals surface area contributed by atoms with Gasteiger partial charge in [0.15, 0.2) is 0 Å². The van der Waals surface area contributed by atoms with Crippen molar-refractivity contribution in [2.24, 2.45) is 5.84 Å². The third kappa shape index (κ3) is 3.36. The van der Waals surface area contributed by atoms with Gasteiger partial charge in [-0.1, -0.05) is 31.2 Å². The van der Waals surface area contributed by atoms with E-state index in [1.165, 1.54) is 5.57 Å². The molecule has 0 radical (unpaired) electrons. The molecule has 0 fully saturated rings. The van der Waals surface area contributed by atoms with Crippen LogP contribution in [0, 0.1) is 0 Å². The first-order valence-corrected chi connectivity index (χ1v) is 5.48. The maximum absolute atomic E-state index is 5.57. The number of rotatable bonds is 6. The fraction of sp³-hybridized carbons (Fsp3) is 0.385. The highest BCUT2D eigenvalue weighted by Gasteiger charge is 2.11. The molecule has 88 valence electrons. The Labute approximate surface area is 97.3 Å². The van der Waals surface area contributed by atoms with Crippen LogP contribution in [0.3, 0.4) is 0 Å². The zero-order chi connectivity index (χ0) is 12.0. The van der Waals surface area contributed by atoms with Gasteiger partial charge in [-0.25, -0.2) is 0 Å². The summed E-state index contributed by atoms with van der Waals surface area (Å²) >= 11 is 0. The van der Waals surface area contributed by atoms with E-state index in [1.807, 2.05) is 24.3 Å². The lowest BCUT2D eigenvalue weighted by molar-refractivity contribution is 0.413. The highest BCUT2D eigenvalue weighted by molar-refractivity contribution is 5.31. The van der Waals surface area contributed by atoms with Gasteiger partial charge in [-0.3, -0.25) is 11.3 Å². The summed E-state index contributed by atoms with van der Waals surface area (Å²) < 4.78 is 5.19. The van der Waals surface area contributed by atoms with Gasteiger partial charge in [0.05, 0.1) is 7.11 Å². The first-order chi connectivity index (χ1) is 7.71. The van der Waals surface area contributed by atoms with E-state index >= 15 is 0 Å². The largest absolute Gasteiger partial charge is 0.497 e. The SMILES string of the molecule is C=C(CC)CC(NN)c1cccc(OC)c1. The summed E-state index contributed by atoms with van der Waals surface area (Å²) in [6.45, 7) is 6.10. The van der Waals surface area contributed by atoms with Crippen LogP contribution in [0.2, 0.25) is 0 Å². The van der Waals surface area contributed by atoms with Crippen molar-refractivity contribution < 1.29 is 4.74 Å².